The third-order valence-corrected chi connectivity index (χ3v) is 2.38. The maximum atomic E-state index is 6.78. The zero-order valence-corrected chi connectivity index (χ0v) is 16.5. The lowest BCUT2D eigenvalue weighted by Crippen LogP contribution is -2.48. The van der Waals surface area contributed by atoms with Crippen molar-refractivity contribution >= 4 is 78.0 Å². The fourth-order valence-corrected chi connectivity index (χ4v) is 1.84. The largest absolute Gasteiger partial charge is 0.493 e. The molecule has 3 unspecified atom stereocenters. The van der Waals surface area contributed by atoms with Gasteiger partial charge in [-0.1, -0.05) is 6.82 Å². The van der Waals surface area contributed by atoms with E-state index < -0.39 is 6.53 Å². The van der Waals surface area contributed by atoms with Gasteiger partial charge in [-0.15, -0.1) is 18.2 Å². The Bertz CT molecular complexity index is 308. The molecule has 0 saturated carbocycles. The molecule has 2 radical (unpaired) electrons. The highest BCUT2D eigenvalue weighted by Crippen LogP contribution is 2.21. The molecule has 1 aliphatic rings. The van der Waals surface area contributed by atoms with Crippen LogP contribution >= 0.6 is 45.3 Å². The summed E-state index contributed by atoms with van der Waals surface area (Å²) < 4.78 is 23.3. The van der Waals surface area contributed by atoms with E-state index in [2.05, 4.69) is 57.2 Å². The molecule has 19 heavy (non-hydrogen) atoms. The van der Waals surface area contributed by atoms with Crippen molar-refractivity contribution in [2.75, 3.05) is 6.61 Å². The van der Waals surface area contributed by atoms with Crippen LogP contribution in [-0.2, 0) is 25.9 Å². The van der Waals surface area contributed by atoms with E-state index >= 15 is 0 Å². The van der Waals surface area contributed by atoms with E-state index in [0.29, 0.717) is 0 Å². The Labute approximate surface area is 142 Å². The first kappa shape index (κ1) is 18.8. The lowest BCUT2D eigenvalue weighted by atomic mass is 9.69. The van der Waals surface area contributed by atoms with Crippen molar-refractivity contribution in [1.29, 1.82) is 1.43 Å². The number of hydrogen-bond acceptors (Lipinski definition) is 5. The van der Waals surface area contributed by atoms with Crippen LogP contribution in [0.2, 0.25) is 6.82 Å². The van der Waals surface area contributed by atoms with Gasteiger partial charge in [0.05, 0.1) is 26.7 Å². The Hall–Kier alpha value is 1.72. The third-order valence-electron chi connectivity index (χ3n) is 2.06. The number of aliphatic hydroxyl groups is 1. The Morgan fingerprint density at radius 3 is 2.79 bits per heavy atom. The summed E-state index contributed by atoms with van der Waals surface area (Å²) in [6.45, 7) is 1.46. The number of halogens is 1. The molecule has 0 aliphatic carbocycles. The van der Waals surface area contributed by atoms with Gasteiger partial charge in [0.1, 0.15) is 12.2 Å². The molecule has 1 heterocycles. The topological polar surface area (TPSA) is 47.9 Å². The van der Waals surface area contributed by atoms with Gasteiger partial charge in [0, 0.05) is 5.00 Å². The van der Waals surface area contributed by atoms with E-state index in [1.54, 1.807) is 6.08 Å². The number of rotatable bonds is 6. The van der Waals surface area contributed by atoms with E-state index in [1.165, 1.54) is 6.26 Å². The lowest BCUT2D eigenvalue weighted by molar-refractivity contribution is -0.0607. The van der Waals surface area contributed by atoms with E-state index in [4.69, 9.17) is 23.2 Å². The summed E-state index contributed by atoms with van der Waals surface area (Å²) in [5.41, 5.74) is 0. The summed E-state index contributed by atoms with van der Waals surface area (Å²) in [7, 11) is 10.5. The van der Waals surface area contributed by atoms with Gasteiger partial charge in [0.2, 0.25) is 1.43 Å². The maximum absolute atomic E-state index is 6.78. The minimum absolute atomic E-state index is 0.0600. The molecule has 0 fully saturated rings. The Morgan fingerprint density at radius 1 is 1.68 bits per heavy atom. The van der Waals surface area contributed by atoms with Gasteiger partial charge in [0.25, 0.3) is 6.53 Å². The van der Waals surface area contributed by atoms with Crippen LogP contribution in [0.1, 0.15) is 0 Å². The Kier molecular flexibility index (Phi) is 12.1. The van der Waals surface area contributed by atoms with Crippen molar-refractivity contribution in [3.63, 3.8) is 0 Å². The van der Waals surface area contributed by atoms with Crippen molar-refractivity contribution in [3.05, 3.63) is 12.3 Å². The van der Waals surface area contributed by atoms with Crippen LogP contribution in [0.5, 0.6) is 0 Å². The average Bonchev–Trinajstić information content (AvgIpc) is 2.33. The van der Waals surface area contributed by atoms with E-state index in [9.17, 15) is 0 Å². The van der Waals surface area contributed by atoms with Crippen LogP contribution in [0.15, 0.2) is 12.3 Å². The molecule has 0 spiro atoms. The maximum Gasteiger partial charge on any atom is 0.312 e. The van der Waals surface area contributed by atoms with Gasteiger partial charge < -0.3 is 19.2 Å². The molecule has 1 rings (SSSR count). The van der Waals surface area contributed by atoms with Gasteiger partial charge in [-0.25, -0.2) is 0 Å². The number of hydrogen-bond donors (Lipinski definition) is 1. The van der Waals surface area contributed by atoms with Crippen molar-refractivity contribution < 1.29 is 19.2 Å². The standard InChI is InChI=1S/C7H15B3O4P2.IPS/c1-9(15)14-7-5(13-10(8)16)2-3-12-6(7)4-11;1-2-3/h2-3,5-7,11H,4,15-16H2,1H3;/t5-,6?,7+;/m1./s1/i11T;. The smallest absolute Gasteiger partial charge is 0.312 e. The fourth-order valence-electron chi connectivity index (χ4n) is 1.47. The van der Waals surface area contributed by atoms with Gasteiger partial charge >= 0.3 is 6.64 Å². The molecule has 104 valence electrons. The Morgan fingerprint density at radius 2 is 2.32 bits per heavy atom. The predicted molar refractivity (Wildman–Crippen MR) is 102 cm³/mol. The second kappa shape index (κ2) is 12.3. The number of aliphatic hydroxyl groups excluding tert-OH is 1. The highest BCUT2D eigenvalue weighted by molar-refractivity contribution is 14.2. The minimum Gasteiger partial charge on any atom is -0.493 e. The average molecular weight is 450 g/mol. The second-order valence-corrected chi connectivity index (χ2v) is 9.30. The summed E-state index contributed by atoms with van der Waals surface area (Å²) in [6, 6.07) is 0. The van der Waals surface area contributed by atoms with Gasteiger partial charge in [-0.05, 0) is 39.9 Å². The second-order valence-electron chi connectivity index (χ2n) is 3.61. The molecular weight excluding hydrogens is 432 g/mol. The molecule has 0 amide bonds. The van der Waals surface area contributed by atoms with Crippen molar-refractivity contribution in [1.82, 2.24) is 0 Å². The molecule has 0 aromatic carbocycles. The van der Waals surface area contributed by atoms with E-state index in [0.717, 1.165) is 5.00 Å². The highest BCUT2D eigenvalue weighted by Gasteiger charge is 2.34. The van der Waals surface area contributed by atoms with E-state index in [1.807, 2.05) is 6.82 Å². The van der Waals surface area contributed by atoms with E-state index in [-0.39, 0.29) is 31.6 Å². The van der Waals surface area contributed by atoms with Crippen molar-refractivity contribution in [3.8, 4) is 0 Å². The summed E-state index contributed by atoms with van der Waals surface area (Å²) in [5, 5.41) is 4.36. The monoisotopic (exact) mass is 450 g/mol. The first-order valence-electron chi connectivity index (χ1n) is 5.78. The zero-order valence-electron chi connectivity index (χ0n) is 11.3. The fraction of sp³-hybridized carbons (Fsp3) is 0.714. The molecule has 0 saturated heterocycles. The summed E-state index contributed by atoms with van der Waals surface area (Å²) >= 11 is 6.43. The van der Waals surface area contributed by atoms with Crippen LogP contribution in [0.3, 0.4) is 0 Å². The van der Waals surface area contributed by atoms with Crippen LogP contribution in [0.25, 0.3) is 0 Å². The molecule has 0 bridgehead atoms. The predicted octanol–water partition coefficient (Wildman–Crippen LogP) is 1.43. The molecule has 0 aromatic heterocycles. The SMILES string of the molecule is S=PI.[3H]OCC1OC=C[C@@H](OB([B])P)[C@@H]1OB(C)P. The van der Waals surface area contributed by atoms with Gasteiger partial charge in [-0.3, -0.25) is 0 Å². The third kappa shape index (κ3) is 9.36. The molecule has 1 N–H and O–H groups in total. The van der Waals surface area contributed by atoms with Gasteiger partial charge in [0.15, 0.2) is 0 Å². The van der Waals surface area contributed by atoms with Crippen LogP contribution in [0.4, 0.5) is 0 Å². The molecular formula is C7H15B3IO4P3S. The lowest BCUT2D eigenvalue weighted by Gasteiger charge is -2.35. The number of ether oxygens (including phenoxy) is 1. The quantitative estimate of drug-likeness (QED) is 0.378. The summed E-state index contributed by atoms with van der Waals surface area (Å²) in [5.74, 6) is 0. The zero-order chi connectivity index (χ0) is 15.5. The molecule has 4 nitrogen and oxygen atoms in total. The minimum atomic E-state index is -0.480. The first-order chi connectivity index (χ1) is 9.46. The Balaban J connectivity index is 0.00000110. The van der Waals surface area contributed by atoms with Gasteiger partial charge in [-0.2, -0.15) is 0 Å². The summed E-state index contributed by atoms with van der Waals surface area (Å²) in [6.07, 6.45) is 2.20. The molecule has 0 aromatic rings. The first-order valence-corrected chi connectivity index (χ1v) is 11.4. The molecule has 12 heteroatoms. The van der Waals surface area contributed by atoms with Crippen molar-refractivity contribution in [2.45, 2.75) is 25.1 Å². The van der Waals surface area contributed by atoms with Crippen molar-refractivity contribution in [2.24, 2.45) is 0 Å². The molecule has 1 aliphatic heterocycles. The van der Waals surface area contributed by atoms with Crippen LogP contribution in [0, 0.1) is 0 Å². The molecule has 5 atom stereocenters. The van der Waals surface area contributed by atoms with Crippen LogP contribution < -0.4 is 0 Å². The summed E-state index contributed by atoms with van der Waals surface area (Å²) in [4.78, 5) is 0.970. The normalized spacial score (nSPS) is 25.9. The highest BCUT2D eigenvalue weighted by atomic mass is 127. The van der Waals surface area contributed by atoms with Crippen LogP contribution in [-0.4, -0.2) is 52.4 Å².